The maximum absolute atomic E-state index is 14.2. The van der Waals surface area contributed by atoms with Gasteiger partial charge in [-0.25, -0.2) is 26.6 Å². The molecule has 1 fully saturated rings. The van der Waals surface area contributed by atoms with Gasteiger partial charge in [0.1, 0.15) is 28.9 Å². The molecule has 3 aromatic rings. The van der Waals surface area contributed by atoms with E-state index in [2.05, 4.69) is 15.1 Å². The molecule has 0 radical (unpaired) electrons. The van der Waals surface area contributed by atoms with Crippen molar-refractivity contribution in [2.24, 2.45) is 23.2 Å². The first-order chi connectivity index (χ1) is 20.1. The second kappa shape index (κ2) is 11.6. The van der Waals surface area contributed by atoms with E-state index < -0.39 is 52.1 Å². The maximum Gasteiger partial charge on any atom is 0.246 e. The van der Waals surface area contributed by atoms with Gasteiger partial charge in [-0.15, -0.1) is 0 Å². The fourth-order valence-electron chi connectivity index (χ4n) is 5.76. The second-order valence-corrected chi connectivity index (χ2v) is 12.2. The van der Waals surface area contributed by atoms with Crippen LogP contribution < -0.4 is 5.73 Å². The van der Waals surface area contributed by atoms with Crippen molar-refractivity contribution in [2.75, 3.05) is 13.2 Å². The molecule has 2 aliphatic carbocycles. The Kier molecular flexibility index (Phi) is 8.15. The normalized spacial score (nSPS) is 22.8. The van der Waals surface area contributed by atoms with E-state index in [0.29, 0.717) is 29.0 Å². The van der Waals surface area contributed by atoms with Gasteiger partial charge in [0.05, 0.1) is 23.0 Å². The number of alkyl halides is 1. The molecule has 9 nitrogen and oxygen atoms in total. The number of carbonyl (C=O) groups excluding carboxylic acids is 1. The van der Waals surface area contributed by atoms with Crippen molar-refractivity contribution in [1.82, 2.24) is 19.1 Å². The number of rotatable bonds is 8. The van der Waals surface area contributed by atoms with Crippen molar-refractivity contribution in [1.29, 1.82) is 0 Å². The van der Waals surface area contributed by atoms with Crippen molar-refractivity contribution >= 4 is 27.2 Å². The largest absolute Gasteiger partial charge is 0.404 e. The fraction of sp³-hybridized carbons (Fsp3) is 0.310. The average Bonchev–Trinajstić information content (AvgIpc) is 3.43. The van der Waals surface area contributed by atoms with Gasteiger partial charge in [-0.3, -0.25) is 14.5 Å². The summed E-state index contributed by atoms with van der Waals surface area (Å²) < 4.78 is 71.2. The van der Waals surface area contributed by atoms with Crippen LogP contribution in [0.3, 0.4) is 0 Å². The van der Waals surface area contributed by atoms with Crippen LogP contribution in [0.4, 0.5) is 18.9 Å². The molecular weight excluding hydrogens is 569 g/mol. The highest BCUT2D eigenvalue weighted by molar-refractivity contribution is 7.89. The minimum Gasteiger partial charge on any atom is -0.404 e. The van der Waals surface area contributed by atoms with Crippen LogP contribution in [0, 0.1) is 17.0 Å². The topological polar surface area (TPSA) is 124 Å². The van der Waals surface area contributed by atoms with Crippen LogP contribution in [0.1, 0.15) is 36.2 Å². The number of fused-ring (bicyclic) bond motifs is 1. The first-order valence-corrected chi connectivity index (χ1v) is 14.7. The number of benzene rings is 1. The van der Waals surface area contributed by atoms with Crippen LogP contribution in [0.15, 0.2) is 88.3 Å². The molecular formula is C29H29F3N6O3S. The number of nitrogens with two attached hydrogens (primary N) is 1. The molecule has 13 heteroatoms. The Morgan fingerprint density at radius 2 is 2.00 bits per heavy atom. The summed E-state index contributed by atoms with van der Waals surface area (Å²) in [7, 11) is -2.59. The van der Waals surface area contributed by atoms with E-state index in [1.165, 1.54) is 53.7 Å². The number of sulfonamides is 1. The molecule has 0 aliphatic heterocycles. The lowest BCUT2D eigenvalue weighted by Crippen LogP contribution is -2.51. The van der Waals surface area contributed by atoms with Crippen LogP contribution in [0.2, 0.25) is 0 Å². The summed E-state index contributed by atoms with van der Waals surface area (Å²) >= 11 is 0. The predicted octanol–water partition coefficient (Wildman–Crippen LogP) is 4.42. The van der Waals surface area contributed by atoms with Crippen LogP contribution in [-0.2, 0) is 17.1 Å². The van der Waals surface area contributed by atoms with E-state index in [1.807, 2.05) is 0 Å². The van der Waals surface area contributed by atoms with Gasteiger partial charge in [0.15, 0.2) is 5.78 Å². The van der Waals surface area contributed by atoms with Gasteiger partial charge in [-0.05, 0) is 73.9 Å². The SMILES string of the molecule is Cn1cc(S(=O)(=O)N(CCF)[C@H]2CCC3=CC(=Nc4ccc(F)cc4)C(=CN)C[C@]3(C(=O)c3cc(F)ccn3)C2)cn1. The number of Topliss-reactive ketones (excluding diaryl/α,β-unsaturated/α-hetero) is 1. The lowest BCUT2D eigenvalue weighted by Gasteiger charge is -2.47. The first-order valence-electron chi connectivity index (χ1n) is 13.3. The van der Waals surface area contributed by atoms with Crippen molar-refractivity contribution in [3.8, 4) is 0 Å². The van der Waals surface area contributed by atoms with E-state index in [-0.39, 0.29) is 29.9 Å². The number of pyridine rings is 1. The van der Waals surface area contributed by atoms with Crippen LogP contribution in [0.25, 0.3) is 0 Å². The molecule has 0 spiro atoms. The van der Waals surface area contributed by atoms with Crippen molar-refractivity contribution in [2.45, 2.75) is 36.6 Å². The van der Waals surface area contributed by atoms with Gasteiger partial charge in [-0.1, -0.05) is 5.57 Å². The highest BCUT2D eigenvalue weighted by atomic mass is 32.2. The Morgan fingerprint density at radius 3 is 2.64 bits per heavy atom. The minimum absolute atomic E-state index is 0.0173. The molecule has 2 aromatic heterocycles. The monoisotopic (exact) mass is 598 g/mol. The van der Waals surface area contributed by atoms with E-state index >= 15 is 0 Å². The van der Waals surface area contributed by atoms with E-state index in [4.69, 9.17) is 5.73 Å². The molecule has 5 rings (SSSR count). The van der Waals surface area contributed by atoms with Gasteiger partial charge in [0, 0.05) is 38.1 Å². The number of aliphatic imine (C=N–C) groups is 1. The van der Waals surface area contributed by atoms with Crippen LogP contribution in [-0.4, -0.2) is 58.2 Å². The Morgan fingerprint density at radius 1 is 1.24 bits per heavy atom. The molecule has 42 heavy (non-hydrogen) atoms. The number of hydrogen-bond acceptors (Lipinski definition) is 7. The Bertz CT molecular complexity index is 1700. The number of carbonyl (C=O) groups is 1. The van der Waals surface area contributed by atoms with E-state index in [0.717, 1.165) is 16.4 Å². The molecule has 2 atom stereocenters. The second-order valence-electron chi connectivity index (χ2n) is 10.3. The average molecular weight is 599 g/mol. The molecule has 0 bridgehead atoms. The maximum atomic E-state index is 14.2. The fourth-order valence-corrected chi connectivity index (χ4v) is 7.38. The summed E-state index contributed by atoms with van der Waals surface area (Å²) in [4.78, 5) is 22.9. The zero-order valence-electron chi connectivity index (χ0n) is 22.8. The van der Waals surface area contributed by atoms with Gasteiger partial charge in [0.2, 0.25) is 10.0 Å². The predicted molar refractivity (Wildman–Crippen MR) is 150 cm³/mol. The number of aryl methyl sites for hydroxylation is 1. The van der Waals surface area contributed by atoms with Gasteiger partial charge >= 0.3 is 0 Å². The summed E-state index contributed by atoms with van der Waals surface area (Å²) in [5.74, 6) is -1.57. The number of ketones is 1. The molecule has 2 N–H and O–H groups in total. The van der Waals surface area contributed by atoms with Crippen LogP contribution >= 0.6 is 0 Å². The molecule has 2 aliphatic rings. The standard InChI is InChI=1S/C29H29F3N6O3S/c1-37-18-25(17-35-37)42(40,41)38(11-9-30)24-7-2-20-12-26(36-23-5-3-21(31)4-6-23)19(16-33)14-29(20,15-24)28(39)27-13-22(32)8-10-34-27/h3-6,8,10,12-13,16-18,24H,2,7,9,11,14-15,33H2,1H3/t24-,29-/m0/s1. The summed E-state index contributed by atoms with van der Waals surface area (Å²) in [6, 6.07) is 6.96. The third-order valence-electron chi connectivity index (χ3n) is 7.74. The quantitative estimate of drug-likeness (QED) is 0.383. The zero-order chi connectivity index (χ0) is 30.1. The van der Waals surface area contributed by atoms with E-state index in [9.17, 15) is 26.4 Å². The Balaban J connectivity index is 1.62. The Hall–Kier alpha value is -4.10. The number of nitrogens with zero attached hydrogens (tertiary/aromatic N) is 5. The van der Waals surface area contributed by atoms with Gasteiger partial charge < -0.3 is 5.73 Å². The summed E-state index contributed by atoms with van der Waals surface area (Å²) in [6.45, 7) is -1.35. The highest BCUT2D eigenvalue weighted by Crippen LogP contribution is 2.52. The lowest BCUT2D eigenvalue weighted by atomic mass is 9.59. The van der Waals surface area contributed by atoms with Crippen LogP contribution in [0.5, 0.6) is 0 Å². The van der Waals surface area contributed by atoms with Crippen molar-refractivity contribution in [3.63, 3.8) is 0 Å². The van der Waals surface area contributed by atoms with Crippen molar-refractivity contribution < 1.29 is 26.4 Å². The number of aromatic nitrogens is 3. The number of halogens is 3. The number of hydrogen-bond donors (Lipinski definition) is 1. The number of allylic oxidation sites excluding steroid dienone is 3. The van der Waals surface area contributed by atoms with Gasteiger partial charge in [0.25, 0.3) is 0 Å². The Labute approximate surface area is 241 Å². The summed E-state index contributed by atoms with van der Waals surface area (Å²) in [5, 5.41) is 3.95. The molecule has 2 heterocycles. The first kappa shape index (κ1) is 29.4. The molecule has 0 saturated heterocycles. The molecule has 220 valence electrons. The zero-order valence-corrected chi connectivity index (χ0v) is 23.6. The van der Waals surface area contributed by atoms with Crippen molar-refractivity contribution in [3.05, 3.63) is 95.7 Å². The molecule has 1 aromatic carbocycles. The lowest BCUT2D eigenvalue weighted by molar-refractivity contribution is 0.0734. The third kappa shape index (κ3) is 5.53. The molecule has 0 amide bonds. The smallest absolute Gasteiger partial charge is 0.246 e. The minimum atomic E-state index is -4.17. The third-order valence-corrected chi connectivity index (χ3v) is 9.65. The van der Waals surface area contributed by atoms with Gasteiger partial charge in [-0.2, -0.15) is 9.40 Å². The highest BCUT2D eigenvalue weighted by Gasteiger charge is 2.52. The molecule has 1 saturated carbocycles. The van der Waals surface area contributed by atoms with E-state index in [1.54, 1.807) is 13.1 Å². The summed E-state index contributed by atoms with van der Waals surface area (Å²) in [5.41, 5.74) is 6.63. The molecule has 0 unspecified atom stereocenters. The summed E-state index contributed by atoms with van der Waals surface area (Å²) in [6.07, 6.45) is 7.35.